The van der Waals surface area contributed by atoms with E-state index in [1.807, 2.05) is 18.1 Å². The average molecular weight is 352 g/mol. The Balaban J connectivity index is 1.29. The van der Waals surface area contributed by atoms with Crippen LogP contribution in [-0.4, -0.2) is 45.1 Å². The van der Waals surface area contributed by atoms with Gasteiger partial charge in [-0.25, -0.2) is 0 Å². The second-order valence-corrected chi connectivity index (χ2v) is 7.37. The van der Waals surface area contributed by atoms with Gasteiger partial charge < -0.3 is 10.2 Å². The normalized spacial score (nSPS) is 19.8. The lowest BCUT2D eigenvalue weighted by atomic mass is 10.1. The van der Waals surface area contributed by atoms with Crippen molar-refractivity contribution in [1.82, 2.24) is 20.0 Å². The largest absolute Gasteiger partial charge is 0.351 e. The fraction of sp³-hybridized carbons (Fsp3) is 0.450. The van der Waals surface area contributed by atoms with Crippen LogP contribution in [0.1, 0.15) is 29.5 Å². The van der Waals surface area contributed by atoms with Crippen LogP contribution < -0.4 is 5.32 Å². The molecule has 26 heavy (non-hydrogen) atoms. The maximum absolute atomic E-state index is 12.4. The van der Waals surface area contributed by atoms with E-state index in [4.69, 9.17) is 0 Å². The first-order chi connectivity index (χ1) is 12.6. The van der Waals surface area contributed by atoms with Gasteiger partial charge in [0.25, 0.3) is 0 Å². The first-order valence-electron chi connectivity index (χ1n) is 9.21. The molecule has 1 saturated heterocycles. The number of benzene rings is 1. The predicted molar refractivity (Wildman–Crippen MR) is 97.4 cm³/mol. The number of amides is 2. The van der Waals surface area contributed by atoms with Gasteiger partial charge in [-0.05, 0) is 36.0 Å². The number of hydrogen-bond donors (Lipinski definition) is 1. The summed E-state index contributed by atoms with van der Waals surface area (Å²) < 4.78 is 1.74. The Morgan fingerprint density at radius 3 is 2.62 bits per heavy atom. The number of rotatable bonds is 5. The van der Waals surface area contributed by atoms with Gasteiger partial charge in [0.2, 0.25) is 11.8 Å². The first kappa shape index (κ1) is 16.8. The highest BCUT2D eigenvalue weighted by Crippen LogP contribution is 2.28. The topological polar surface area (TPSA) is 67.2 Å². The van der Waals surface area contributed by atoms with Crippen LogP contribution in [-0.2, 0) is 35.9 Å². The minimum absolute atomic E-state index is 0.00297. The molecule has 1 aromatic heterocycles. The van der Waals surface area contributed by atoms with Crippen LogP contribution in [0, 0.1) is 0 Å². The zero-order valence-corrected chi connectivity index (χ0v) is 15.0. The van der Waals surface area contributed by atoms with Crippen LogP contribution >= 0.6 is 0 Å². The molecular formula is C20H24N4O2. The Labute approximate surface area is 153 Å². The quantitative estimate of drug-likeness (QED) is 0.880. The third-order valence-corrected chi connectivity index (χ3v) is 5.39. The van der Waals surface area contributed by atoms with Crippen molar-refractivity contribution in [2.45, 2.75) is 44.2 Å². The zero-order chi connectivity index (χ0) is 18.1. The van der Waals surface area contributed by atoms with Crippen molar-refractivity contribution in [2.75, 3.05) is 6.54 Å². The van der Waals surface area contributed by atoms with E-state index >= 15 is 0 Å². The highest BCUT2D eigenvalue weighted by molar-refractivity contribution is 5.82. The highest BCUT2D eigenvalue weighted by atomic mass is 16.2. The number of carbonyl (C=O) groups is 2. The van der Waals surface area contributed by atoms with Crippen LogP contribution in [0.4, 0.5) is 0 Å². The van der Waals surface area contributed by atoms with Crippen LogP contribution in [0.5, 0.6) is 0 Å². The van der Waals surface area contributed by atoms with E-state index in [0.717, 1.165) is 18.4 Å². The lowest BCUT2D eigenvalue weighted by molar-refractivity contribution is -0.129. The van der Waals surface area contributed by atoms with Crippen LogP contribution in [0.25, 0.3) is 0 Å². The summed E-state index contributed by atoms with van der Waals surface area (Å²) in [5.41, 5.74) is 3.74. The molecule has 1 fully saturated rings. The van der Waals surface area contributed by atoms with Gasteiger partial charge in [-0.15, -0.1) is 0 Å². The molecule has 0 spiro atoms. The molecule has 6 heteroatoms. The molecular weight excluding hydrogens is 328 g/mol. The highest BCUT2D eigenvalue weighted by Gasteiger charge is 2.37. The fourth-order valence-electron chi connectivity index (χ4n) is 4.10. The van der Waals surface area contributed by atoms with Gasteiger partial charge in [-0.3, -0.25) is 14.3 Å². The molecule has 136 valence electrons. The molecule has 0 saturated carbocycles. The Bertz CT molecular complexity index is 804. The fourth-order valence-corrected chi connectivity index (χ4v) is 4.10. The molecule has 2 aliphatic rings. The molecule has 6 nitrogen and oxygen atoms in total. The maximum atomic E-state index is 12.4. The van der Waals surface area contributed by atoms with Crippen molar-refractivity contribution in [3.63, 3.8) is 0 Å². The molecule has 2 amide bonds. The minimum Gasteiger partial charge on any atom is -0.351 e. The van der Waals surface area contributed by atoms with E-state index < -0.39 is 0 Å². The monoisotopic (exact) mass is 352 g/mol. The van der Waals surface area contributed by atoms with Crippen molar-refractivity contribution in [3.05, 3.63) is 53.3 Å². The zero-order valence-electron chi connectivity index (χ0n) is 15.0. The molecule has 2 aromatic rings. The summed E-state index contributed by atoms with van der Waals surface area (Å²) in [6.07, 6.45) is 7.05. The van der Waals surface area contributed by atoms with E-state index in [1.165, 1.54) is 11.1 Å². The summed E-state index contributed by atoms with van der Waals surface area (Å²) in [6.45, 7) is 0.621. The van der Waals surface area contributed by atoms with Crippen molar-refractivity contribution in [2.24, 2.45) is 7.05 Å². The van der Waals surface area contributed by atoms with Crippen molar-refractivity contribution < 1.29 is 9.59 Å². The molecule has 1 aliphatic carbocycles. The molecule has 2 heterocycles. The molecule has 1 N–H and O–H groups in total. The molecule has 0 unspecified atom stereocenters. The standard InChI is InChI=1S/C20H24N4O2/c1-23-12-14(11-21-23)6-7-19(25)22-17-10-20(26)24(13-17)18-8-15-4-2-3-5-16(15)9-18/h2-5,11-12,17-18H,6-10,13H2,1H3,(H,22,25)/t17-/m1/s1. The van der Waals surface area contributed by atoms with Crippen LogP contribution in [0.15, 0.2) is 36.7 Å². The van der Waals surface area contributed by atoms with Crippen molar-refractivity contribution in [3.8, 4) is 0 Å². The third kappa shape index (κ3) is 3.49. The molecule has 1 aromatic carbocycles. The summed E-state index contributed by atoms with van der Waals surface area (Å²) in [5, 5.41) is 7.14. The summed E-state index contributed by atoms with van der Waals surface area (Å²) in [4.78, 5) is 26.6. The summed E-state index contributed by atoms with van der Waals surface area (Å²) in [7, 11) is 1.86. The molecule has 1 aliphatic heterocycles. The molecule has 1 atom stereocenters. The minimum atomic E-state index is -0.0763. The van der Waals surface area contributed by atoms with Crippen molar-refractivity contribution in [1.29, 1.82) is 0 Å². The van der Waals surface area contributed by atoms with E-state index in [1.54, 1.807) is 10.9 Å². The number of nitrogens with zero attached hydrogens (tertiary/aromatic N) is 3. The summed E-state index contributed by atoms with van der Waals surface area (Å²) in [6, 6.07) is 8.56. The van der Waals surface area contributed by atoms with Gasteiger partial charge in [0, 0.05) is 38.7 Å². The number of likely N-dealkylation sites (tertiary alicyclic amines) is 1. The van der Waals surface area contributed by atoms with E-state index in [-0.39, 0.29) is 23.9 Å². The predicted octanol–water partition coefficient (Wildman–Crippen LogP) is 1.24. The Morgan fingerprint density at radius 2 is 1.96 bits per heavy atom. The van der Waals surface area contributed by atoms with Gasteiger partial charge in [0.1, 0.15) is 0 Å². The van der Waals surface area contributed by atoms with Gasteiger partial charge >= 0.3 is 0 Å². The van der Waals surface area contributed by atoms with Gasteiger partial charge in [-0.1, -0.05) is 24.3 Å². The van der Waals surface area contributed by atoms with Crippen molar-refractivity contribution >= 4 is 11.8 Å². The van der Waals surface area contributed by atoms with E-state index in [0.29, 0.717) is 25.8 Å². The summed E-state index contributed by atoms with van der Waals surface area (Å²) >= 11 is 0. The number of aryl methyl sites for hydroxylation is 2. The molecule has 4 rings (SSSR count). The first-order valence-corrected chi connectivity index (χ1v) is 9.21. The van der Waals surface area contributed by atoms with E-state index in [9.17, 15) is 9.59 Å². The Kier molecular flexibility index (Phi) is 4.49. The van der Waals surface area contributed by atoms with Crippen LogP contribution in [0.2, 0.25) is 0 Å². The average Bonchev–Trinajstić information content (AvgIpc) is 3.31. The Morgan fingerprint density at radius 1 is 1.23 bits per heavy atom. The van der Waals surface area contributed by atoms with Gasteiger partial charge in [0.05, 0.1) is 12.2 Å². The lowest BCUT2D eigenvalue weighted by Crippen LogP contribution is -2.41. The Hall–Kier alpha value is -2.63. The molecule has 0 radical (unpaired) electrons. The third-order valence-electron chi connectivity index (χ3n) is 5.39. The summed E-state index contributed by atoms with van der Waals surface area (Å²) in [5.74, 6) is 0.156. The SMILES string of the molecule is Cn1cc(CCC(=O)N[C@@H]2CC(=O)N(C3Cc4ccccc4C3)C2)cn1. The number of carbonyl (C=O) groups excluding carboxylic acids is 2. The second kappa shape index (κ2) is 6.94. The van der Waals surface area contributed by atoms with E-state index in [2.05, 4.69) is 34.7 Å². The van der Waals surface area contributed by atoms with Gasteiger partial charge in [0.15, 0.2) is 0 Å². The smallest absolute Gasteiger partial charge is 0.225 e. The molecule has 0 bridgehead atoms. The number of hydrogen-bond acceptors (Lipinski definition) is 3. The maximum Gasteiger partial charge on any atom is 0.225 e. The number of nitrogens with one attached hydrogen (secondary N) is 1. The second-order valence-electron chi connectivity index (χ2n) is 7.37. The van der Waals surface area contributed by atoms with Gasteiger partial charge in [-0.2, -0.15) is 5.10 Å². The van der Waals surface area contributed by atoms with Crippen LogP contribution in [0.3, 0.4) is 0 Å². The lowest BCUT2D eigenvalue weighted by Gasteiger charge is -2.24. The number of aromatic nitrogens is 2. The number of fused-ring (bicyclic) bond motifs is 1.